The predicted octanol–water partition coefficient (Wildman–Crippen LogP) is 3.25. The fraction of sp³-hybridized carbons (Fsp3) is 0.294. The quantitative estimate of drug-likeness (QED) is 0.908. The van der Waals surface area contributed by atoms with Crippen LogP contribution in [0, 0.1) is 6.92 Å². The predicted molar refractivity (Wildman–Crippen MR) is 81.4 cm³/mol. The molecule has 20 heavy (non-hydrogen) atoms. The zero-order valence-corrected chi connectivity index (χ0v) is 12.2. The van der Waals surface area contributed by atoms with Crippen LogP contribution in [0.1, 0.15) is 22.7 Å². The molecular weight excluding hydrogens is 250 g/mol. The average Bonchev–Trinajstić information content (AvgIpc) is 2.48. The van der Waals surface area contributed by atoms with Crippen molar-refractivity contribution < 1.29 is 9.47 Å². The molecule has 0 aromatic heterocycles. The summed E-state index contributed by atoms with van der Waals surface area (Å²) in [6.45, 7) is 2.08. The molecule has 0 saturated heterocycles. The first-order chi connectivity index (χ1) is 9.63. The molecular formula is C17H21NO2. The molecule has 0 aliphatic rings. The molecule has 0 aliphatic heterocycles. The van der Waals surface area contributed by atoms with Crippen LogP contribution in [0.15, 0.2) is 42.5 Å². The number of nitrogens with two attached hydrogens (primary N) is 1. The Bertz CT molecular complexity index is 564. The van der Waals surface area contributed by atoms with Crippen LogP contribution < -0.4 is 15.2 Å². The third-order valence-corrected chi connectivity index (χ3v) is 3.41. The van der Waals surface area contributed by atoms with E-state index in [1.807, 2.05) is 18.2 Å². The molecule has 1 atom stereocenters. The molecule has 0 aliphatic carbocycles. The van der Waals surface area contributed by atoms with Gasteiger partial charge in [0.2, 0.25) is 0 Å². The van der Waals surface area contributed by atoms with Crippen molar-refractivity contribution in [1.29, 1.82) is 0 Å². The smallest absolute Gasteiger partial charge is 0.123 e. The molecule has 2 aromatic rings. The first kappa shape index (κ1) is 14.4. The van der Waals surface area contributed by atoms with E-state index in [2.05, 4.69) is 31.2 Å². The van der Waals surface area contributed by atoms with E-state index in [0.29, 0.717) is 0 Å². The number of hydrogen-bond donors (Lipinski definition) is 1. The summed E-state index contributed by atoms with van der Waals surface area (Å²) >= 11 is 0. The molecule has 0 amide bonds. The Morgan fingerprint density at radius 3 is 2.30 bits per heavy atom. The minimum Gasteiger partial charge on any atom is -0.497 e. The number of hydrogen-bond acceptors (Lipinski definition) is 3. The normalized spacial score (nSPS) is 12.0. The Morgan fingerprint density at radius 2 is 1.70 bits per heavy atom. The van der Waals surface area contributed by atoms with Crippen molar-refractivity contribution in [3.05, 3.63) is 59.2 Å². The Kier molecular flexibility index (Phi) is 4.64. The molecule has 2 N–H and O–H groups in total. The van der Waals surface area contributed by atoms with Crippen molar-refractivity contribution in [2.75, 3.05) is 14.2 Å². The van der Waals surface area contributed by atoms with E-state index < -0.39 is 0 Å². The minimum atomic E-state index is -0.122. The highest BCUT2D eigenvalue weighted by atomic mass is 16.5. The third-order valence-electron chi connectivity index (χ3n) is 3.41. The minimum absolute atomic E-state index is 0.122. The standard InChI is InChI=1S/C17H21NO2/c1-12-4-6-13(7-5-12)10-16(18)15-11-14(19-2)8-9-17(15)20-3/h4-9,11,16H,10,18H2,1-3H3. The van der Waals surface area contributed by atoms with Gasteiger partial charge in [-0.15, -0.1) is 0 Å². The molecule has 0 spiro atoms. The highest BCUT2D eigenvalue weighted by molar-refractivity contribution is 5.42. The van der Waals surface area contributed by atoms with Crippen molar-refractivity contribution in [2.24, 2.45) is 5.73 Å². The number of methoxy groups -OCH3 is 2. The first-order valence-corrected chi connectivity index (χ1v) is 6.67. The lowest BCUT2D eigenvalue weighted by Gasteiger charge is -2.17. The fourth-order valence-electron chi connectivity index (χ4n) is 2.22. The monoisotopic (exact) mass is 271 g/mol. The number of aryl methyl sites for hydroxylation is 1. The van der Waals surface area contributed by atoms with E-state index in [4.69, 9.17) is 15.2 Å². The van der Waals surface area contributed by atoms with Crippen molar-refractivity contribution in [2.45, 2.75) is 19.4 Å². The molecule has 1 unspecified atom stereocenters. The Hall–Kier alpha value is -2.00. The van der Waals surface area contributed by atoms with Crippen LogP contribution >= 0.6 is 0 Å². The van der Waals surface area contributed by atoms with Gasteiger partial charge in [-0.05, 0) is 37.1 Å². The molecule has 0 fully saturated rings. The number of ether oxygens (including phenoxy) is 2. The van der Waals surface area contributed by atoms with Gasteiger partial charge in [-0.3, -0.25) is 0 Å². The zero-order chi connectivity index (χ0) is 14.5. The molecule has 3 nitrogen and oxygen atoms in total. The molecule has 2 rings (SSSR count). The molecule has 106 valence electrons. The molecule has 0 bridgehead atoms. The lowest BCUT2D eigenvalue weighted by Crippen LogP contribution is -2.14. The van der Waals surface area contributed by atoms with Crippen LogP contribution in [0.5, 0.6) is 11.5 Å². The summed E-state index contributed by atoms with van der Waals surface area (Å²) in [4.78, 5) is 0. The number of benzene rings is 2. The average molecular weight is 271 g/mol. The van der Waals surface area contributed by atoms with Crippen LogP contribution in [-0.2, 0) is 6.42 Å². The van der Waals surface area contributed by atoms with Crippen LogP contribution in [0.4, 0.5) is 0 Å². The van der Waals surface area contributed by atoms with Gasteiger partial charge < -0.3 is 15.2 Å². The van der Waals surface area contributed by atoms with E-state index in [1.165, 1.54) is 11.1 Å². The van der Waals surface area contributed by atoms with Gasteiger partial charge in [0, 0.05) is 11.6 Å². The second-order valence-corrected chi connectivity index (χ2v) is 4.90. The van der Waals surface area contributed by atoms with Crippen LogP contribution in [0.25, 0.3) is 0 Å². The summed E-state index contributed by atoms with van der Waals surface area (Å²) in [5.74, 6) is 1.59. The summed E-state index contributed by atoms with van der Waals surface area (Å²) in [7, 11) is 3.31. The summed E-state index contributed by atoms with van der Waals surface area (Å²) in [6, 6.07) is 14.0. The van der Waals surface area contributed by atoms with Crippen molar-refractivity contribution in [3.63, 3.8) is 0 Å². The summed E-state index contributed by atoms with van der Waals surface area (Å²) < 4.78 is 10.6. The van der Waals surface area contributed by atoms with E-state index in [0.717, 1.165) is 23.5 Å². The molecule has 0 radical (unpaired) electrons. The second-order valence-electron chi connectivity index (χ2n) is 4.90. The molecule has 2 aromatic carbocycles. The van der Waals surface area contributed by atoms with E-state index in [1.54, 1.807) is 14.2 Å². The maximum Gasteiger partial charge on any atom is 0.123 e. The third kappa shape index (κ3) is 3.31. The van der Waals surface area contributed by atoms with Gasteiger partial charge in [-0.25, -0.2) is 0 Å². The molecule has 0 heterocycles. The Labute approximate surface area is 120 Å². The largest absolute Gasteiger partial charge is 0.497 e. The van der Waals surface area contributed by atoms with Crippen LogP contribution in [-0.4, -0.2) is 14.2 Å². The van der Waals surface area contributed by atoms with Gasteiger partial charge in [0.15, 0.2) is 0 Å². The van der Waals surface area contributed by atoms with E-state index in [9.17, 15) is 0 Å². The van der Waals surface area contributed by atoms with Crippen molar-refractivity contribution in [1.82, 2.24) is 0 Å². The van der Waals surface area contributed by atoms with Crippen molar-refractivity contribution in [3.8, 4) is 11.5 Å². The highest BCUT2D eigenvalue weighted by Gasteiger charge is 2.14. The summed E-state index contributed by atoms with van der Waals surface area (Å²) in [5.41, 5.74) is 9.76. The van der Waals surface area contributed by atoms with E-state index in [-0.39, 0.29) is 6.04 Å². The van der Waals surface area contributed by atoms with E-state index >= 15 is 0 Å². The fourth-order valence-corrected chi connectivity index (χ4v) is 2.22. The van der Waals surface area contributed by atoms with Crippen LogP contribution in [0.3, 0.4) is 0 Å². The Morgan fingerprint density at radius 1 is 1.00 bits per heavy atom. The first-order valence-electron chi connectivity index (χ1n) is 6.67. The Balaban J connectivity index is 2.23. The SMILES string of the molecule is COc1ccc(OC)c(C(N)Cc2ccc(C)cc2)c1. The number of rotatable bonds is 5. The maximum atomic E-state index is 6.33. The van der Waals surface area contributed by atoms with Gasteiger partial charge in [-0.1, -0.05) is 29.8 Å². The maximum absolute atomic E-state index is 6.33. The zero-order valence-electron chi connectivity index (χ0n) is 12.2. The van der Waals surface area contributed by atoms with Gasteiger partial charge in [0.1, 0.15) is 11.5 Å². The van der Waals surface area contributed by atoms with Crippen LogP contribution in [0.2, 0.25) is 0 Å². The topological polar surface area (TPSA) is 44.5 Å². The highest BCUT2D eigenvalue weighted by Crippen LogP contribution is 2.30. The molecule has 0 saturated carbocycles. The lowest BCUT2D eigenvalue weighted by atomic mass is 9.98. The van der Waals surface area contributed by atoms with Crippen molar-refractivity contribution >= 4 is 0 Å². The van der Waals surface area contributed by atoms with Gasteiger partial charge in [0.05, 0.1) is 14.2 Å². The van der Waals surface area contributed by atoms with Gasteiger partial charge in [0.25, 0.3) is 0 Å². The second kappa shape index (κ2) is 6.44. The lowest BCUT2D eigenvalue weighted by molar-refractivity contribution is 0.395. The summed E-state index contributed by atoms with van der Waals surface area (Å²) in [6.07, 6.45) is 0.768. The summed E-state index contributed by atoms with van der Waals surface area (Å²) in [5, 5.41) is 0. The van der Waals surface area contributed by atoms with Gasteiger partial charge in [-0.2, -0.15) is 0 Å². The van der Waals surface area contributed by atoms with Gasteiger partial charge >= 0.3 is 0 Å². The molecule has 3 heteroatoms.